The SMILES string of the molecule is CCNC(=O)c1cnc(N)nc1NC(C)c1cc2cccc(-c3ccnc(OC)c3)c2c(=O)n1-c1ccccc1. The predicted octanol–water partition coefficient (Wildman–Crippen LogP) is 4.36. The highest BCUT2D eigenvalue weighted by molar-refractivity contribution is 5.99. The van der Waals surface area contributed by atoms with Crippen LogP contribution in [0, 0.1) is 0 Å². The molecule has 0 saturated heterocycles. The summed E-state index contributed by atoms with van der Waals surface area (Å²) in [7, 11) is 1.56. The van der Waals surface area contributed by atoms with Crippen molar-refractivity contribution < 1.29 is 9.53 Å². The van der Waals surface area contributed by atoms with Crippen LogP contribution in [0.1, 0.15) is 35.9 Å². The van der Waals surface area contributed by atoms with Gasteiger partial charge in [0, 0.05) is 36.4 Å². The van der Waals surface area contributed by atoms with Gasteiger partial charge in [0.05, 0.1) is 18.5 Å². The zero-order valence-electron chi connectivity index (χ0n) is 22.4. The van der Waals surface area contributed by atoms with E-state index in [1.807, 2.05) is 80.6 Å². The minimum Gasteiger partial charge on any atom is -0.481 e. The molecule has 1 amide bonds. The highest BCUT2D eigenvalue weighted by Crippen LogP contribution is 2.31. The second kappa shape index (κ2) is 11.2. The Labute approximate surface area is 230 Å². The van der Waals surface area contributed by atoms with E-state index in [-0.39, 0.29) is 28.8 Å². The first-order valence-corrected chi connectivity index (χ1v) is 12.8. The number of nitrogens with zero attached hydrogens (tertiary/aromatic N) is 4. The van der Waals surface area contributed by atoms with Gasteiger partial charge in [0.15, 0.2) is 0 Å². The van der Waals surface area contributed by atoms with Crippen LogP contribution >= 0.6 is 0 Å². The van der Waals surface area contributed by atoms with Crippen molar-refractivity contribution in [3.8, 4) is 22.7 Å². The molecule has 0 fully saturated rings. The topological polar surface area (TPSA) is 137 Å². The first-order valence-electron chi connectivity index (χ1n) is 12.8. The van der Waals surface area contributed by atoms with Crippen LogP contribution in [0.25, 0.3) is 27.6 Å². The molecule has 2 aromatic carbocycles. The van der Waals surface area contributed by atoms with Gasteiger partial charge in [0.1, 0.15) is 11.4 Å². The Morgan fingerprint density at radius 3 is 2.62 bits per heavy atom. The number of methoxy groups -OCH3 is 1. The van der Waals surface area contributed by atoms with Gasteiger partial charge >= 0.3 is 0 Å². The van der Waals surface area contributed by atoms with Crippen molar-refractivity contribution in [1.29, 1.82) is 0 Å². The first kappa shape index (κ1) is 26.4. The molecule has 202 valence electrons. The van der Waals surface area contributed by atoms with E-state index in [2.05, 4.69) is 25.6 Å². The van der Waals surface area contributed by atoms with Crippen LogP contribution in [0.5, 0.6) is 5.88 Å². The van der Waals surface area contributed by atoms with Crippen molar-refractivity contribution >= 4 is 28.4 Å². The van der Waals surface area contributed by atoms with Crippen LogP contribution in [0.15, 0.2) is 83.9 Å². The fourth-order valence-corrected chi connectivity index (χ4v) is 4.68. The van der Waals surface area contributed by atoms with Crippen molar-refractivity contribution in [2.24, 2.45) is 0 Å². The Balaban J connectivity index is 1.70. The van der Waals surface area contributed by atoms with Gasteiger partial charge < -0.3 is 21.1 Å². The van der Waals surface area contributed by atoms with Crippen LogP contribution in [0.4, 0.5) is 11.8 Å². The summed E-state index contributed by atoms with van der Waals surface area (Å²) in [6, 6.07) is 20.3. The van der Waals surface area contributed by atoms with Crippen molar-refractivity contribution in [2.45, 2.75) is 19.9 Å². The smallest absolute Gasteiger partial charge is 0.263 e. The first-order chi connectivity index (χ1) is 19.4. The minimum absolute atomic E-state index is 0.0270. The molecule has 0 radical (unpaired) electrons. The number of nitrogens with two attached hydrogens (primary N) is 1. The Hall–Kier alpha value is -5.25. The number of benzene rings is 2. The number of nitrogens with one attached hydrogen (secondary N) is 2. The number of hydrogen-bond acceptors (Lipinski definition) is 8. The van der Waals surface area contributed by atoms with Gasteiger partial charge in [0.2, 0.25) is 11.8 Å². The lowest BCUT2D eigenvalue weighted by Crippen LogP contribution is -2.28. The maximum atomic E-state index is 14.3. The summed E-state index contributed by atoms with van der Waals surface area (Å²) in [5.41, 5.74) is 8.89. The summed E-state index contributed by atoms with van der Waals surface area (Å²) in [4.78, 5) is 39.5. The van der Waals surface area contributed by atoms with Crippen LogP contribution in [-0.2, 0) is 0 Å². The van der Waals surface area contributed by atoms with E-state index in [4.69, 9.17) is 10.5 Å². The lowest BCUT2D eigenvalue weighted by atomic mass is 9.98. The lowest BCUT2D eigenvalue weighted by Gasteiger charge is -2.23. The molecular formula is C30H29N7O3. The zero-order chi connectivity index (χ0) is 28.2. The van der Waals surface area contributed by atoms with E-state index in [0.717, 1.165) is 16.5 Å². The van der Waals surface area contributed by atoms with Gasteiger partial charge in [-0.15, -0.1) is 0 Å². The number of ether oxygens (including phenoxy) is 1. The van der Waals surface area contributed by atoms with Gasteiger partial charge in [-0.3, -0.25) is 14.2 Å². The molecule has 0 aliphatic carbocycles. The summed E-state index contributed by atoms with van der Waals surface area (Å²) < 4.78 is 7.00. The number of hydrogen-bond donors (Lipinski definition) is 3. The third-order valence-corrected chi connectivity index (χ3v) is 6.53. The Bertz CT molecular complexity index is 1750. The van der Waals surface area contributed by atoms with Crippen molar-refractivity contribution in [3.63, 3.8) is 0 Å². The molecule has 0 aliphatic heterocycles. The molecule has 0 spiro atoms. The van der Waals surface area contributed by atoms with Gasteiger partial charge in [-0.05, 0) is 54.6 Å². The number of pyridine rings is 2. The highest BCUT2D eigenvalue weighted by Gasteiger charge is 2.21. The molecule has 3 aromatic heterocycles. The van der Waals surface area contributed by atoms with Gasteiger partial charge in [-0.2, -0.15) is 4.98 Å². The van der Waals surface area contributed by atoms with Crippen LogP contribution in [-0.4, -0.2) is 39.1 Å². The number of nitrogen functional groups attached to an aromatic ring is 1. The quantitative estimate of drug-likeness (QED) is 0.267. The minimum atomic E-state index is -0.454. The Morgan fingerprint density at radius 1 is 1.07 bits per heavy atom. The molecule has 40 heavy (non-hydrogen) atoms. The average molecular weight is 536 g/mol. The second-order valence-electron chi connectivity index (χ2n) is 9.12. The predicted molar refractivity (Wildman–Crippen MR) is 156 cm³/mol. The highest BCUT2D eigenvalue weighted by atomic mass is 16.5. The molecule has 5 aromatic rings. The van der Waals surface area contributed by atoms with E-state index >= 15 is 0 Å². The number of rotatable bonds is 8. The number of carbonyl (C=O) groups is 1. The second-order valence-corrected chi connectivity index (χ2v) is 9.12. The maximum absolute atomic E-state index is 14.3. The van der Waals surface area contributed by atoms with E-state index in [1.165, 1.54) is 6.20 Å². The van der Waals surface area contributed by atoms with Crippen LogP contribution < -0.4 is 26.7 Å². The molecular weight excluding hydrogens is 506 g/mol. The lowest BCUT2D eigenvalue weighted by molar-refractivity contribution is 0.0956. The van der Waals surface area contributed by atoms with E-state index in [0.29, 0.717) is 29.2 Å². The summed E-state index contributed by atoms with van der Waals surface area (Å²) >= 11 is 0. The normalized spacial score (nSPS) is 11.7. The number of anilines is 2. The molecule has 0 bridgehead atoms. The third kappa shape index (κ3) is 5.06. The van der Waals surface area contributed by atoms with Crippen molar-refractivity contribution in [1.82, 2.24) is 24.8 Å². The van der Waals surface area contributed by atoms with Gasteiger partial charge in [-0.1, -0.05) is 36.4 Å². The zero-order valence-corrected chi connectivity index (χ0v) is 22.4. The summed E-state index contributed by atoms with van der Waals surface area (Å²) in [6.07, 6.45) is 3.05. The maximum Gasteiger partial charge on any atom is 0.263 e. The number of amides is 1. The average Bonchev–Trinajstić information content (AvgIpc) is 2.97. The number of aromatic nitrogens is 4. The van der Waals surface area contributed by atoms with Crippen molar-refractivity contribution in [3.05, 3.63) is 101 Å². The largest absolute Gasteiger partial charge is 0.481 e. The van der Waals surface area contributed by atoms with Crippen molar-refractivity contribution in [2.75, 3.05) is 24.7 Å². The van der Waals surface area contributed by atoms with Gasteiger partial charge in [-0.25, -0.2) is 9.97 Å². The van der Waals surface area contributed by atoms with E-state index < -0.39 is 6.04 Å². The van der Waals surface area contributed by atoms with Crippen LogP contribution in [0.3, 0.4) is 0 Å². The Morgan fingerprint density at radius 2 is 1.88 bits per heavy atom. The van der Waals surface area contributed by atoms with Crippen LogP contribution in [0.2, 0.25) is 0 Å². The fourth-order valence-electron chi connectivity index (χ4n) is 4.68. The molecule has 1 atom stereocenters. The molecule has 10 heteroatoms. The molecule has 10 nitrogen and oxygen atoms in total. The molecule has 0 saturated carbocycles. The number of para-hydroxylation sites is 1. The number of carbonyl (C=O) groups excluding carboxylic acids is 1. The Kier molecular flexibility index (Phi) is 7.41. The summed E-state index contributed by atoms with van der Waals surface area (Å²) in [5.74, 6) is 0.433. The monoisotopic (exact) mass is 535 g/mol. The standard InChI is InChI=1S/C30H29N7O3/c1-4-32-28(38)23-17-34-30(31)36-27(23)35-18(2)24-15-20-9-8-12-22(19-13-14-33-25(16-19)40-3)26(20)29(39)37(24)21-10-6-5-7-11-21/h5-18H,4H2,1-3H3,(H,32,38)(H3,31,34,35,36). The molecule has 3 heterocycles. The number of fused-ring (bicyclic) bond motifs is 1. The fraction of sp³-hybridized carbons (Fsp3) is 0.167. The molecule has 5 rings (SSSR count). The van der Waals surface area contributed by atoms with Gasteiger partial charge in [0.25, 0.3) is 11.5 Å². The summed E-state index contributed by atoms with van der Waals surface area (Å²) in [5, 5.41) is 7.38. The molecule has 4 N–H and O–H groups in total. The molecule has 0 aliphatic rings. The van der Waals surface area contributed by atoms with E-state index in [1.54, 1.807) is 17.9 Å². The summed E-state index contributed by atoms with van der Waals surface area (Å²) in [6.45, 7) is 4.18. The molecule has 1 unspecified atom stereocenters. The third-order valence-electron chi connectivity index (χ3n) is 6.53. The van der Waals surface area contributed by atoms with E-state index in [9.17, 15) is 9.59 Å².